The van der Waals surface area contributed by atoms with Gasteiger partial charge in [0.05, 0.1) is 0 Å². The van der Waals surface area contributed by atoms with Crippen molar-refractivity contribution in [3.05, 3.63) is 0 Å². The second-order valence-electron chi connectivity index (χ2n) is 4.63. The molecule has 1 aliphatic rings. The van der Waals surface area contributed by atoms with Crippen LogP contribution in [0.2, 0.25) is 0 Å². The number of unbranched alkanes of at least 4 members (excludes halogenated alkanes) is 1. The summed E-state index contributed by atoms with van der Waals surface area (Å²) in [5.74, 6) is 0.233. The van der Waals surface area contributed by atoms with Gasteiger partial charge >= 0.3 is 0 Å². The van der Waals surface area contributed by atoms with Crippen LogP contribution in [0.1, 0.15) is 45.4 Å². The van der Waals surface area contributed by atoms with Crippen LogP contribution in [0.5, 0.6) is 0 Å². The molecule has 15 heavy (non-hydrogen) atoms. The van der Waals surface area contributed by atoms with E-state index in [2.05, 4.69) is 24.2 Å². The highest BCUT2D eigenvalue weighted by atomic mass is 16.1. The van der Waals surface area contributed by atoms with Crippen molar-refractivity contribution in [3.8, 4) is 0 Å². The van der Waals surface area contributed by atoms with Crippen molar-refractivity contribution in [1.82, 2.24) is 10.2 Å². The average molecular weight is 212 g/mol. The highest BCUT2D eigenvalue weighted by molar-refractivity contribution is 5.76. The third-order valence-electron chi connectivity index (χ3n) is 3.00. The Balaban J connectivity index is 2.26. The summed E-state index contributed by atoms with van der Waals surface area (Å²) in [6, 6.07) is 0.377. The van der Waals surface area contributed by atoms with Crippen molar-refractivity contribution < 1.29 is 4.79 Å². The van der Waals surface area contributed by atoms with Crippen LogP contribution in [-0.4, -0.2) is 37.0 Å². The molecule has 0 spiro atoms. The Kier molecular flexibility index (Phi) is 5.69. The number of carbonyl (C=O) groups excluding carboxylic acids is 1. The van der Waals surface area contributed by atoms with E-state index in [-0.39, 0.29) is 5.91 Å². The average Bonchev–Trinajstić information content (AvgIpc) is 2.39. The van der Waals surface area contributed by atoms with Gasteiger partial charge in [0.25, 0.3) is 0 Å². The van der Waals surface area contributed by atoms with Gasteiger partial charge in [-0.3, -0.25) is 4.79 Å². The van der Waals surface area contributed by atoms with Gasteiger partial charge in [0.15, 0.2) is 0 Å². The van der Waals surface area contributed by atoms with Gasteiger partial charge in [-0.15, -0.1) is 0 Å². The molecule has 0 aromatic rings. The number of nitrogens with zero attached hydrogens (tertiary/aromatic N) is 1. The maximum Gasteiger partial charge on any atom is 0.220 e. The van der Waals surface area contributed by atoms with Crippen molar-refractivity contribution in [1.29, 1.82) is 0 Å². The lowest BCUT2D eigenvalue weighted by molar-refractivity contribution is -0.122. The Morgan fingerprint density at radius 1 is 1.47 bits per heavy atom. The quantitative estimate of drug-likeness (QED) is 0.770. The molecule has 3 heteroatoms. The van der Waals surface area contributed by atoms with E-state index in [9.17, 15) is 4.79 Å². The Bertz CT molecular complexity index is 194. The van der Waals surface area contributed by atoms with Crippen LogP contribution < -0.4 is 5.32 Å². The maximum absolute atomic E-state index is 11.6. The lowest BCUT2D eigenvalue weighted by Crippen LogP contribution is -2.41. The Hall–Kier alpha value is -0.570. The molecule has 1 heterocycles. The first-order valence-corrected chi connectivity index (χ1v) is 6.20. The van der Waals surface area contributed by atoms with Crippen LogP contribution in [0.15, 0.2) is 0 Å². The van der Waals surface area contributed by atoms with Crippen LogP contribution in [0.3, 0.4) is 0 Å². The molecule has 1 amide bonds. The first-order chi connectivity index (χ1) is 7.22. The van der Waals surface area contributed by atoms with Gasteiger partial charge in [0, 0.05) is 19.0 Å². The third-order valence-corrected chi connectivity index (χ3v) is 3.00. The molecule has 1 unspecified atom stereocenters. The fourth-order valence-electron chi connectivity index (χ4n) is 2.09. The lowest BCUT2D eigenvalue weighted by Gasteiger charge is -2.21. The smallest absolute Gasteiger partial charge is 0.220 e. The van der Waals surface area contributed by atoms with Crippen LogP contribution in [0.4, 0.5) is 0 Å². The first-order valence-electron chi connectivity index (χ1n) is 6.20. The zero-order valence-electron chi connectivity index (χ0n) is 10.1. The number of hydrogen-bond acceptors (Lipinski definition) is 2. The molecular formula is C12H24N2O. The van der Waals surface area contributed by atoms with Crippen LogP contribution in [-0.2, 0) is 4.79 Å². The summed E-state index contributed by atoms with van der Waals surface area (Å²) in [5.41, 5.74) is 0. The van der Waals surface area contributed by atoms with E-state index in [4.69, 9.17) is 0 Å². The van der Waals surface area contributed by atoms with Gasteiger partial charge in [0.1, 0.15) is 0 Å². The number of carbonyl (C=O) groups is 1. The molecule has 1 saturated heterocycles. The van der Waals surface area contributed by atoms with Crippen molar-refractivity contribution in [2.45, 2.75) is 51.5 Å². The molecule has 0 bridgehead atoms. The maximum atomic E-state index is 11.6. The van der Waals surface area contributed by atoms with Gasteiger partial charge in [0.2, 0.25) is 5.91 Å². The summed E-state index contributed by atoms with van der Waals surface area (Å²) >= 11 is 0. The molecule has 88 valence electrons. The Morgan fingerprint density at radius 2 is 2.27 bits per heavy atom. The van der Waals surface area contributed by atoms with Gasteiger partial charge < -0.3 is 10.2 Å². The minimum absolute atomic E-state index is 0.233. The highest BCUT2D eigenvalue weighted by Gasteiger charge is 2.16. The van der Waals surface area contributed by atoms with Crippen molar-refractivity contribution in [2.24, 2.45) is 0 Å². The number of amides is 1. The molecular weight excluding hydrogens is 188 g/mol. The third kappa shape index (κ3) is 5.17. The summed E-state index contributed by atoms with van der Waals surface area (Å²) in [6.07, 6.45) is 6.44. The number of likely N-dealkylation sites (tertiary alicyclic amines) is 1. The molecule has 1 fully saturated rings. The van der Waals surface area contributed by atoms with E-state index >= 15 is 0 Å². The molecule has 0 radical (unpaired) electrons. The van der Waals surface area contributed by atoms with Gasteiger partial charge in [-0.25, -0.2) is 0 Å². The second-order valence-corrected chi connectivity index (χ2v) is 4.63. The monoisotopic (exact) mass is 212 g/mol. The molecule has 0 aliphatic carbocycles. The van der Waals surface area contributed by atoms with E-state index in [0.29, 0.717) is 12.5 Å². The normalized spacial score (nSPS) is 23.5. The largest absolute Gasteiger partial charge is 0.352 e. The van der Waals surface area contributed by atoms with Gasteiger partial charge in [-0.05, 0) is 32.9 Å². The summed E-state index contributed by atoms with van der Waals surface area (Å²) in [6.45, 7) is 4.30. The summed E-state index contributed by atoms with van der Waals surface area (Å²) < 4.78 is 0. The number of likely N-dealkylation sites (N-methyl/N-ethyl adjacent to an activating group) is 1. The van der Waals surface area contributed by atoms with E-state index in [0.717, 1.165) is 25.8 Å². The molecule has 0 saturated carbocycles. The fraction of sp³-hybridized carbons (Fsp3) is 0.917. The zero-order valence-corrected chi connectivity index (χ0v) is 10.1. The lowest BCUT2D eigenvalue weighted by atomic mass is 10.1. The van der Waals surface area contributed by atoms with Crippen molar-refractivity contribution in [3.63, 3.8) is 0 Å². The predicted octanol–water partition coefficient (Wildman–Crippen LogP) is 1.78. The van der Waals surface area contributed by atoms with Gasteiger partial charge in [-0.1, -0.05) is 19.8 Å². The summed E-state index contributed by atoms with van der Waals surface area (Å²) in [5, 5.41) is 3.14. The molecule has 3 nitrogen and oxygen atoms in total. The molecule has 1 aliphatic heterocycles. The number of rotatable bonds is 4. The van der Waals surface area contributed by atoms with Crippen LogP contribution >= 0.6 is 0 Å². The SMILES string of the molecule is CCCCC(=O)NC1CCCCN(C)C1. The van der Waals surface area contributed by atoms with Crippen LogP contribution in [0.25, 0.3) is 0 Å². The minimum Gasteiger partial charge on any atom is -0.352 e. The van der Waals surface area contributed by atoms with E-state index in [1.165, 1.54) is 19.4 Å². The molecule has 1 atom stereocenters. The highest BCUT2D eigenvalue weighted by Crippen LogP contribution is 2.09. The fourth-order valence-corrected chi connectivity index (χ4v) is 2.09. The Labute approximate surface area is 93.2 Å². The zero-order chi connectivity index (χ0) is 11.1. The minimum atomic E-state index is 0.233. The Morgan fingerprint density at radius 3 is 3.00 bits per heavy atom. The van der Waals surface area contributed by atoms with E-state index < -0.39 is 0 Å². The summed E-state index contributed by atoms with van der Waals surface area (Å²) in [4.78, 5) is 13.9. The standard InChI is InChI=1S/C12H24N2O/c1-3-4-8-12(15)13-11-7-5-6-9-14(2)10-11/h11H,3-10H2,1-2H3,(H,13,15). The first kappa shape index (κ1) is 12.5. The van der Waals surface area contributed by atoms with E-state index in [1.54, 1.807) is 0 Å². The number of nitrogens with one attached hydrogen (secondary N) is 1. The van der Waals surface area contributed by atoms with Crippen LogP contribution in [0, 0.1) is 0 Å². The van der Waals surface area contributed by atoms with Crippen molar-refractivity contribution >= 4 is 5.91 Å². The van der Waals surface area contributed by atoms with E-state index in [1.807, 2.05) is 0 Å². The molecule has 1 N–H and O–H groups in total. The summed E-state index contributed by atoms with van der Waals surface area (Å²) in [7, 11) is 2.14. The second kappa shape index (κ2) is 6.83. The van der Waals surface area contributed by atoms with Crippen molar-refractivity contribution in [2.75, 3.05) is 20.1 Å². The molecule has 1 rings (SSSR count). The molecule has 0 aromatic carbocycles. The topological polar surface area (TPSA) is 32.3 Å². The van der Waals surface area contributed by atoms with Gasteiger partial charge in [-0.2, -0.15) is 0 Å². The number of hydrogen-bond donors (Lipinski definition) is 1. The predicted molar refractivity (Wildman–Crippen MR) is 62.8 cm³/mol. The molecule has 0 aromatic heterocycles.